The zero-order valence-electron chi connectivity index (χ0n) is 11.8. The molecule has 0 aliphatic heterocycles. The van der Waals surface area contributed by atoms with Crippen LogP contribution in [0.15, 0.2) is 18.2 Å². The van der Waals surface area contributed by atoms with Crippen LogP contribution in [0.5, 0.6) is 0 Å². The Labute approximate surface area is 120 Å². The Kier molecular flexibility index (Phi) is 5.83. The molecule has 0 bridgehead atoms. The second-order valence-electron chi connectivity index (χ2n) is 4.58. The zero-order chi connectivity index (χ0) is 16.0. The summed E-state index contributed by atoms with van der Waals surface area (Å²) in [6, 6.07) is 2.93. The number of amides is 2. The molecular weight excluding hydrogens is 287 g/mol. The van der Waals surface area contributed by atoms with Crippen LogP contribution in [0, 0.1) is 0 Å². The molecule has 3 N–H and O–H groups in total. The molecule has 118 valence electrons. The molecule has 1 aromatic carbocycles. The topological polar surface area (TPSA) is 64.6 Å². The lowest BCUT2D eigenvalue weighted by atomic mass is 10.1. The molecule has 0 heterocycles. The quantitative estimate of drug-likeness (QED) is 0.731. The van der Waals surface area contributed by atoms with Crippen LogP contribution in [0.1, 0.15) is 12.0 Å². The van der Waals surface area contributed by atoms with E-state index in [2.05, 4.69) is 10.6 Å². The lowest BCUT2D eigenvalue weighted by Crippen LogP contribution is -2.30. The average Bonchev–Trinajstić information content (AvgIpc) is 2.37. The summed E-state index contributed by atoms with van der Waals surface area (Å²) in [5, 5.41) is 13.1. The molecule has 0 aromatic heterocycles. The summed E-state index contributed by atoms with van der Waals surface area (Å²) in [5.41, 5.74) is -0.839. The van der Waals surface area contributed by atoms with E-state index < -0.39 is 17.8 Å². The van der Waals surface area contributed by atoms with Gasteiger partial charge in [-0.3, -0.25) is 0 Å². The molecule has 0 aliphatic carbocycles. The summed E-state index contributed by atoms with van der Waals surface area (Å²) >= 11 is 0. The van der Waals surface area contributed by atoms with Gasteiger partial charge in [-0.2, -0.15) is 13.2 Å². The molecular formula is C13H18F3N3O2. The van der Waals surface area contributed by atoms with E-state index >= 15 is 0 Å². The number of benzene rings is 1. The van der Waals surface area contributed by atoms with Crippen molar-refractivity contribution in [3.8, 4) is 0 Å². The number of hydrogen-bond donors (Lipinski definition) is 3. The van der Waals surface area contributed by atoms with E-state index in [1.54, 1.807) is 19.0 Å². The highest BCUT2D eigenvalue weighted by atomic mass is 19.4. The highest BCUT2D eigenvalue weighted by molar-refractivity contribution is 5.90. The largest absolute Gasteiger partial charge is 0.418 e. The van der Waals surface area contributed by atoms with Crippen LogP contribution in [0.3, 0.4) is 0 Å². The first-order valence-corrected chi connectivity index (χ1v) is 6.30. The Morgan fingerprint density at radius 2 is 2.00 bits per heavy atom. The van der Waals surface area contributed by atoms with Gasteiger partial charge in [0.2, 0.25) is 0 Å². The minimum absolute atomic E-state index is 0.106. The number of urea groups is 1. The number of nitrogens with one attached hydrogen (secondary N) is 2. The van der Waals surface area contributed by atoms with Crippen LogP contribution in [0.2, 0.25) is 0 Å². The lowest BCUT2D eigenvalue weighted by molar-refractivity contribution is -0.136. The van der Waals surface area contributed by atoms with Gasteiger partial charge < -0.3 is 20.6 Å². The first-order valence-electron chi connectivity index (χ1n) is 6.30. The van der Waals surface area contributed by atoms with Gasteiger partial charge in [-0.25, -0.2) is 4.79 Å². The van der Waals surface area contributed by atoms with Gasteiger partial charge in [-0.15, -0.1) is 0 Å². The Morgan fingerprint density at radius 1 is 1.33 bits per heavy atom. The van der Waals surface area contributed by atoms with Crippen molar-refractivity contribution < 1.29 is 23.1 Å². The second kappa shape index (κ2) is 7.16. The minimum Gasteiger partial charge on any atom is -0.396 e. The molecule has 8 heteroatoms. The molecule has 0 saturated heterocycles. The van der Waals surface area contributed by atoms with Gasteiger partial charge in [0.05, 0.1) is 11.3 Å². The molecule has 0 radical (unpaired) electrons. The standard InChI is InChI=1S/C13H18F3N3O2/c1-19(2)9-4-5-11(10(8-9)13(14,15)16)18-12(21)17-6-3-7-20/h4-5,8,20H,3,6-7H2,1-2H3,(H2,17,18,21). The molecule has 0 atom stereocenters. The molecule has 1 aromatic rings. The van der Waals surface area contributed by atoms with Gasteiger partial charge in [0, 0.05) is 32.9 Å². The monoisotopic (exact) mass is 305 g/mol. The molecule has 0 aliphatic rings. The average molecular weight is 305 g/mol. The zero-order valence-corrected chi connectivity index (χ0v) is 11.8. The fourth-order valence-electron chi connectivity index (χ4n) is 1.60. The van der Waals surface area contributed by atoms with Crippen molar-refractivity contribution in [3.05, 3.63) is 23.8 Å². The molecule has 1 rings (SSSR count). The number of anilines is 2. The van der Waals surface area contributed by atoms with Gasteiger partial charge in [-0.05, 0) is 24.6 Å². The number of nitrogens with zero attached hydrogens (tertiary/aromatic N) is 1. The third-order valence-electron chi connectivity index (χ3n) is 2.69. The number of alkyl halides is 3. The molecule has 0 saturated carbocycles. The summed E-state index contributed by atoms with van der Waals surface area (Å²) in [6.07, 6.45) is -4.24. The van der Waals surface area contributed by atoms with Crippen LogP contribution in [0.4, 0.5) is 29.3 Å². The fourth-order valence-corrected chi connectivity index (χ4v) is 1.60. The van der Waals surface area contributed by atoms with Crippen LogP contribution in [-0.2, 0) is 6.18 Å². The Morgan fingerprint density at radius 3 is 2.52 bits per heavy atom. The van der Waals surface area contributed by atoms with E-state index in [1.165, 1.54) is 12.1 Å². The molecule has 0 fully saturated rings. The first-order chi connectivity index (χ1) is 9.75. The predicted molar refractivity (Wildman–Crippen MR) is 74.5 cm³/mol. The van der Waals surface area contributed by atoms with Crippen LogP contribution in [-0.4, -0.2) is 38.4 Å². The number of rotatable bonds is 5. The number of carbonyl (C=O) groups is 1. The van der Waals surface area contributed by atoms with E-state index in [9.17, 15) is 18.0 Å². The Bertz CT molecular complexity index is 490. The van der Waals surface area contributed by atoms with E-state index in [1.807, 2.05) is 0 Å². The van der Waals surface area contributed by atoms with Crippen molar-refractivity contribution in [2.75, 3.05) is 37.5 Å². The summed E-state index contributed by atoms with van der Waals surface area (Å²) in [6.45, 7) is 0.0745. The maximum atomic E-state index is 13.0. The molecule has 5 nitrogen and oxygen atoms in total. The number of hydrogen-bond acceptors (Lipinski definition) is 3. The summed E-state index contributed by atoms with van der Waals surface area (Å²) in [5.74, 6) is 0. The van der Waals surface area contributed by atoms with E-state index in [-0.39, 0.29) is 18.8 Å². The fraction of sp³-hybridized carbons (Fsp3) is 0.462. The molecule has 21 heavy (non-hydrogen) atoms. The third kappa shape index (κ3) is 5.14. The van der Waals surface area contributed by atoms with Crippen molar-refractivity contribution in [3.63, 3.8) is 0 Å². The van der Waals surface area contributed by atoms with E-state index in [0.717, 1.165) is 6.07 Å². The second-order valence-corrected chi connectivity index (χ2v) is 4.58. The number of aliphatic hydroxyl groups is 1. The highest BCUT2D eigenvalue weighted by Crippen LogP contribution is 2.37. The summed E-state index contributed by atoms with van der Waals surface area (Å²) in [4.78, 5) is 13.0. The Hall–Kier alpha value is -1.96. The van der Waals surface area contributed by atoms with E-state index in [0.29, 0.717) is 12.1 Å². The minimum atomic E-state index is -4.57. The number of carbonyl (C=O) groups excluding carboxylic acids is 1. The third-order valence-corrected chi connectivity index (χ3v) is 2.69. The van der Waals surface area contributed by atoms with Crippen molar-refractivity contribution >= 4 is 17.4 Å². The van der Waals surface area contributed by atoms with Crippen LogP contribution < -0.4 is 15.5 Å². The maximum Gasteiger partial charge on any atom is 0.418 e. The number of aliphatic hydroxyl groups excluding tert-OH is 1. The lowest BCUT2D eigenvalue weighted by Gasteiger charge is -2.18. The normalized spacial score (nSPS) is 11.1. The van der Waals surface area contributed by atoms with Gasteiger partial charge in [-0.1, -0.05) is 0 Å². The molecule has 2 amide bonds. The SMILES string of the molecule is CN(C)c1ccc(NC(=O)NCCCO)c(C(F)(F)F)c1. The van der Waals surface area contributed by atoms with Gasteiger partial charge in [0.15, 0.2) is 0 Å². The van der Waals surface area contributed by atoms with Crippen LogP contribution >= 0.6 is 0 Å². The van der Waals surface area contributed by atoms with E-state index in [4.69, 9.17) is 5.11 Å². The smallest absolute Gasteiger partial charge is 0.396 e. The van der Waals surface area contributed by atoms with Crippen molar-refractivity contribution in [1.29, 1.82) is 0 Å². The van der Waals surface area contributed by atoms with Gasteiger partial charge in [0.25, 0.3) is 0 Å². The van der Waals surface area contributed by atoms with Crippen molar-refractivity contribution in [1.82, 2.24) is 5.32 Å². The van der Waals surface area contributed by atoms with Crippen molar-refractivity contribution in [2.45, 2.75) is 12.6 Å². The number of halogens is 3. The molecule has 0 spiro atoms. The van der Waals surface area contributed by atoms with Crippen LogP contribution in [0.25, 0.3) is 0 Å². The molecule has 0 unspecified atom stereocenters. The predicted octanol–water partition coefficient (Wildman–Crippen LogP) is 2.28. The first kappa shape index (κ1) is 17.1. The van der Waals surface area contributed by atoms with Crippen molar-refractivity contribution in [2.24, 2.45) is 0 Å². The summed E-state index contributed by atoms with van der Waals surface area (Å²) in [7, 11) is 3.26. The highest BCUT2D eigenvalue weighted by Gasteiger charge is 2.34. The van der Waals surface area contributed by atoms with Gasteiger partial charge in [0.1, 0.15) is 0 Å². The summed E-state index contributed by atoms with van der Waals surface area (Å²) < 4.78 is 39.1. The Balaban J connectivity index is 2.93. The van der Waals surface area contributed by atoms with Gasteiger partial charge >= 0.3 is 12.2 Å². The maximum absolute atomic E-state index is 13.0.